The minimum Gasteiger partial charge on any atom is -0.494 e. The predicted molar refractivity (Wildman–Crippen MR) is 61.2 cm³/mol. The van der Waals surface area contributed by atoms with Crippen molar-refractivity contribution in [3.05, 3.63) is 29.6 Å². The molecule has 4 heteroatoms. The van der Waals surface area contributed by atoms with Gasteiger partial charge in [0.05, 0.1) is 13.7 Å². The maximum absolute atomic E-state index is 13.4. The van der Waals surface area contributed by atoms with Gasteiger partial charge in [0.1, 0.15) is 0 Å². The lowest BCUT2D eigenvalue weighted by Crippen LogP contribution is -2.22. The van der Waals surface area contributed by atoms with E-state index in [1.54, 1.807) is 13.2 Å². The second kappa shape index (κ2) is 6.45. The van der Waals surface area contributed by atoms with Crippen LogP contribution in [0.3, 0.4) is 0 Å². The van der Waals surface area contributed by atoms with E-state index in [4.69, 9.17) is 9.47 Å². The first-order chi connectivity index (χ1) is 7.67. The molecule has 1 rings (SSSR count). The molecule has 0 atom stereocenters. The van der Waals surface area contributed by atoms with Crippen molar-refractivity contribution in [3.63, 3.8) is 0 Å². The normalized spacial score (nSPS) is 10.8. The summed E-state index contributed by atoms with van der Waals surface area (Å²) in [6, 6.07) is 5.02. The maximum atomic E-state index is 13.4. The molecule has 16 heavy (non-hydrogen) atoms. The summed E-state index contributed by atoms with van der Waals surface area (Å²) in [4.78, 5) is 2.07. The van der Waals surface area contributed by atoms with Crippen molar-refractivity contribution in [1.82, 2.24) is 4.90 Å². The molecule has 3 nitrogen and oxygen atoms in total. The molecule has 0 aliphatic heterocycles. The first-order valence-electron chi connectivity index (χ1n) is 5.17. The molecule has 0 aliphatic carbocycles. The second-order valence-corrected chi connectivity index (χ2v) is 3.70. The number of likely N-dealkylation sites (N-methyl/N-ethyl adjacent to an activating group) is 1. The smallest absolute Gasteiger partial charge is 0.165 e. The third kappa shape index (κ3) is 3.79. The van der Waals surface area contributed by atoms with Crippen molar-refractivity contribution in [2.45, 2.75) is 6.54 Å². The van der Waals surface area contributed by atoms with Crippen LogP contribution < -0.4 is 4.74 Å². The third-order valence-electron chi connectivity index (χ3n) is 2.35. The Kier molecular flexibility index (Phi) is 5.22. The van der Waals surface area contributed by atoms with Crippen LogP contribution in [0.25, 0.3) is 0 Å². The molecular formula is C12H18FNO2. The largest absolute Gasteiger partial charge is 0.494 e. The molecule has 0 radical (unpaired) electrons. The number of halogens is 1. The number of hydrogen-bond acceptors (Lipinski definition) is 3. The molecule has 1 aromatic carbocycles. The lowest BCUT2D eigenvalue weighted by atomic mass is 10.2. The number of benzene rings is 1. The van der Waals surface area contributed by atoms with Crippen LogP contribution in [0.1, 0.15) is 5.56 Å². The van der Waals surface area contributed by atoms with Gasteiger partial charge in [-0.05, 0) is 24.7 Å². The Hall–Kier alpha value is -1.13. The Balaban J connectivity index is 2.57. The standard InChI is InChI=1S/C12H18FNO2/c1-14(6-7-15-2)9-10-4-5-12(16-3)11(13)8-10/h4-5,8H,6-7,9H2,1-3H3. The van der Waals surface area contributed by atoms with Crippen molar-refractivity contribution >= 4 is 0 Å². The molecular weight excluding hydrogens is 209 g/mol. The SMILES string of the molecule is COCCN(C)Cc1ccc(OC)c(F)c1. The predicted octanol–water partition coefficient (Wildman–Crippen LogP) is 1.91. The van der Waals surface area contributed by atoms with Crippen LogP contribution in [-0.2, 0) is 11.3 Å². The van der Waals surface area contributed by atoms with Crippen molar-refractivity contribution in [2.75, 3.05) is 34.4 Å². The zero-order valence-electron chi connectivity index (χ0n) is 10.00. The Bertz CT molecular complexity index is 331. The fourth-order valence-electron chi connectivity index (χ4n) is 1.45. The van der Waals surface area contributed by atoms with Gasteiger partial charge in [-0.15, -0.1) is 0 Å². The van der Waals surface area contributed by atoms with E-state index in [1.165, 1.54) is 13.2 Å². The third-order valence-corrected chi connectivity index (χ3v) is 2.35. The molecule has 0 bridgehead atoms. The van der Waals surface area contributed by atoms with Crippen molar-refractivity contribution in [3.8, 4) is 5.75 Å². The summed E-state index contributed by atoms with van der Waals surface area (Å²) >= 11 is 0. The Labute approximate surface area is 95.8 Å². The number of ether oxygens (including phenoxy) is 2. The van der Waals surface area contributed by atoms with Crippen LogP contribution in [0.15, 0.2) is 18.2 Å². The fourth-order valence-corrected chi connectivity index (χ4v) is 1.45. The van der Waals surface area contributed by atoms with E-state index in [0.29, 0.717) is 13.2 Å². The molecule has 0 saturated carbocycles. The molecule has 0 fully saturated rings. The monoisotopic (exact) mass is 227 g/mol. The average molecular weight is 227 g/mol. The van der Waals surface area contributed by atoms with Gasteiger partial charge in [-0.25, -0.2) is 4.39 Å². The summed E-state index contributed by atoms with van der Waals surface area (Å²) < 4.78 is 23.2. The molecule has 0 spiro atoms. The van der Waals surface area contributed by atoms with Crippen LogP contribution in [0.4, 0.5) is 4.39 Å². The van der Waals surface area contributed by atoms with Gasteiger partial charge in [-0.3, -0.25) is 4.90 Å². The fraction of sp³-hybridized carbons (Fsp3) is 0.500. The first-order valence-corrected chi connectivity index (χ1v) is 5.17. The van der Waals surface area contributed by atoms with Gasteiger partial charge in [0.15, 0.2) is 11.6 Å². The summed E-state index contributed by atoms with van der Waals surface area (Å²) in [6.45, 7) is 2.20. The minimum absolute atomic E-state index is 0.281. The summed E-state index contributed by atoms with van der Waals surface area (Å²) in [7, 11) is 5.10. The van der Waals surface area contributed by atoms with Crippen LogP contribution in [0.2, 0.25) is 0 Å². The van der Waals surface area contributed by atoms with Crippen LogP contribution in [-0.4, -0.2) is 39.3 Å². The summed E-state index contributed by atoms with van der Waals surface area (Å²) in [5, 5.41) is 0. The van der Waals surface area contributed by atoms with E-state index in [1.807, 2.05) is 13.1 Å². The Morgan fingerprint density at radius 3 is 2.62 bits per heavy atom. The molecule has 0 amide bonds. The Morgan fingerprint density at radius 1 is 1.31 bits per heavy atom. The minimum atomic E-state index is -0.319. The van der Waals surface area contributed by atoms with Crippen LogP contribution >= 0.6 is 0 Å². The van der Waals surface area contributed by atoms with E-state index in [-0.39, 0.29) is 11.6 Å². The molecule has 0 unspecified atom stereocenters. The summed E-state index contributed by atoms with van der Waals surface area (Å²) in [6.07, 6.45) is 0. The molecule has 0 aromatic heterocycles. The highest BCUT2D eigenvalue weighted by Crippen LogP contribution is 2.18. The van der Waals surface area contributed by atoms with Gasteiger partial charge < -0.3 is 9.47 Å². The maximum Gasteiger partial charge on any atom is 0.165 e. The van der Waals surface area contributed by atoms with Gasteiger partial charge in [-0.1, -0.05) is 6.07 Å². The highest BCUT2D eigenvalue weighted by atomic mass is 19.1. The van der Waals surface area contributed by atoms with Crippen LogP contribution in [0.5, 0.6) is 5.75 Å². The topological polar surface area (TPSA) is 21.7 Å². The second-order valence-electron chi connectivity index (χ2n) is 3.70. The van der Waals surface area contributed by atoms with E-state index in [9.17, 15) is 4.39 Å². The zero-order chi connectivity index (χ0) is 12.0. The summed E-state index contributed by atoms with van der Waals surface area (Å²) in [5.74, 6) is -0.0385. The lowest BCUT2D eigenvalue weighted by Gasteiger charge is -2.16. The molecule has 0 heterocycles. The molecule has 1 aromatic rings. The summed E-state index contributed by atoms with van der Waals surface area (Å²) in [5.41, 5.74) is 0.928. The highest BCUT2D eigenvalue weighted by Gasteiger charge is 2.05. The number of nitrogens with zero attached hydrogens (tertiary/aromatic N) is 1. The van der Waals surface area contributed by atoms with Crippen molar-refractivity contribution < 1.29 is 13.9 Å². The van der Waals surface area contributed by atoms with E-state index >= 15 is 0 Å². The number of rotatable bonds is 6. The zero-order valence-corrected chi connectivity index (χ0v) is 10.00. The number of methoxy groups -OCH3 is 2. The van der Waals surface area contributed by atoms with E-state index in [2.05, 4.69) is 4.90 Å². The Morgan fingerprint density at radius 2 is 2.06 bits per heavy atom. The molecule has 0 aliphatic rings. The first kappa shape index (κ1) is 12.9. The van der Waals surface area contributed by atoms with Gasteiger partial charge in [0, 0.05) is 20.2 Å². The van der Waals surface area contributed by atoms with Gasteiger partial charge >= 0.3 is 0 Å². The van der Waals surface area contributed by atoms with Crippen LogP contribution in [0, 0.1) is 5.82 Å². The van der Waals surface area contributed by atoms with Crippen molar-refractivity contribution in [1.29, 1.82) is 0 Å². The lowest BCUT2D eigenvalue weighted by molar-refractivity contribution is 0.158. The van der Waals surface area contributed by atoms with Gasteiger partial charge in [0.2, 0.25) is 0 Å². The average Bonchev–Trinajstić information content (AvgIpc) is 2.26. The number of hydrogen-bond donors (Lipinski definition) is 0. The van der Waals surface area contributed by atoms with Crippen molar-refractivity contribution in [2.24, 2.45) is 0 Å². The quantitative estimate of drug-likeness (QED) is 0.741. The molecule has 90 valence electrons. The highest BCUT2D eigenvalue weighted by molar-refractivity contribution is 5.29. The molecule has 0 N–H and O–H groups in total. The van der Waals surface area contributed by atoms with Gasteiger partial charge in [-0.2, -0.15) is 0 Å². The van der Waals surface area contributed by atoms with E-state index < -0.39 is 0 Å². The molecule has 0 saturated heterocycles. The van der Waals surface area contributed by atoms with E-state index in [0.717, 1.165) is 12.1 Å². The van der Waals surface area contributed by atoms with Gasteiger partial charge in [0.25, 0.3) is 0 Å².